The van der Waals surface area contributed by atoms with Gasteiger partial charge in [-0.3, -0.25) is 4.79 Å². The monoisotopic (exact) mass is 364 g/mol. The summed E-state index contributed by atoms with van der Waals surface area (Å²) in [6.45, 7) is 11.1. The molecule has 2 N–H and O–H groups in total. The highest BCUT2D eigenvalue weighted by molar-refractivity contribution is 5.92. The minimum absolute atomic E-state index is 0.0465. The van der Waals surface area contributed by atoms with Crippen LogP contribution in [-0.4, -0.2) is 24.4 Å². The van der Waals surface area contributed by atoms with E-state index < -0.39 is 11.9 Å². The lowest BCUT2D eigenvalue weighted by atomic mass is 9.92. The van der Waals surface area contributed by atoms with Gasteiger partial charge in [-0.15, -0.1) is 0 Å². The summed E-state index contributed by atoms with van der Waals surface area (Å²) in [4.78, 5) is 19.8. The predicted molar refractivity (Wildman–Crippen MR) is 96.2 cm³/mol. The van der Waals surface area contributed by atoms with Crippen molar-refractivity contribution in [2.24, 2.45) is 0 Å². The fourth-order valence-corrected chi connectivity index (χ4v) is 2.86. The number of rotatable bonds is 4. The highest BCUT2D eigenvalue weighted by atomic mass is 16.7. The lowest BCUT2D eigenvalue weighted by Crippen LogP contribution is -2.17. The molecule has 0 saturated heterocycles. The van der Waals surface area contributed by atoms with Crippen molar-refractivity contribution in [1.82, 2.24) is 4.98 Å². The maximum atomic E-state index is 12.2. The number of hydrogen-bond acceptors (Lipinski definition) is 7. The maximum Gasteiger partial charge on any atom is 0.314 e. The molecule has 2 aromatic rings. The second-order valence-electron chi connectivity index (χ2n) is 5.75. The van der Waals surface area contributed by atoms with Gasteiger partial charge in [-0.2, -0.15) is 5.26 Å². The number of nitrogens with zero attached hydrogens (tertiary/aromatic N) is 3. The Morgan fingerprint density at radius 2 is 2.22 bits per heavy atom. The van der Waals surface area contributed by atoms with Crippen LogP contribution in [0.15, 0.2) is 18.2 Å². The predicted octanol–water partition coefficient (Wildman–Crippen LogP) is 3.15. The Bertz CT molecular complexity index is 1000. The van der Waals surface area contributed by atoms with E-state index in [1.165, 1.54) is 0 Å². The largest absolute Gasteiger partial charge is 0.465 e. The SMILES string of the molecule is [C-]#[N+]c1c(N)nc(C(C)C(=O)OCC)c(C#N)c1-c1ccc2c(c1)OCO2. The van der Waals surface area contributed by atoms with Crippen LogP contribution in [0.3, 0.4) is 0 Å². The molecule has 0 spiro atoms. The third kappa shape index (κ3) is 3.09. The van der Waals surface area contributed by atoms with Crippen LogP contribution in [-0.2, 0) is 9.53 Å². The molecule has 8 nitrogen and oxygen atoms in total. The standard InChI is InChI=1S/C19H16N4O4/c1-4-25-19(24)10(2)16-12(8-20)15(17(22-3)18(21)23-16)11-5-6-13-14(7-11)27-9-26-13/h5-7,10H,4,9H2,1-2H3,(H2,21,23). The lowest BCUT2D eigenvalue weighted by Gasteiger charge is -2.17. The van der Waals surface area contributed by atoms with Crippen LogP contribution in [0.2, 0.25) is 0 Å². The van der Waals surface area contributed by atoms with Crippen molar-refractivity contribution in [1.29, 1.82) is 5.26 Å². The number of esters is 1. The van der Waals surface area contributed by atoms with E-state index in [9.17, 15) is 10.1 Å². The van der Waals surface area contributed by atoms with Crippen molar-refractivity contribution in [3.8, 4) is 28.7 Å². The van der Waals surface area contributed by atoms with E-state index in [-0.39, 0.29) is 36.2 Å². The van der Waals surface area contributed by atoms with Gasteiger partial charge in [-0.05, 0) is 31.5 Å². The van der Waals surface area contributed by atoms with Gasteiger partial charge in [0, 0.05) is 5.56 Å². The molecule has 1 aromatic heterocycles. The van der Waals surface area contributed by atoms with E-state index in [0.29, 0.717) is 22.6 Å². The van der Waals surface area contributed by atoms with Crippen LogP contribution >= 0.6 is 0 Å². The first-order valence-electron chi connectivity index (χ1n) is 8.19. The molecule has 0 bridgehead atoms. The van der Waals surface area contributed by atoms with Crippen LogP contribution in [0, 0.1) is 17.9 Å². The second kappa shape index (κ2) is 7.22. The number of ether oxygens (including phenoxy) is 3. The number of nitrogen functional groups attached to an aromatic ring is 1. The van der Waals surface area contributed by atoms with E-state index in [1.807, 2.05) is 0 Å². The number of pyridine rings is 1. The summed E-state index contributed by atoms with van der Waals surface area (Å²) in [5.74, 6) is -0.309. The van der Waals surface area contributed by atoms with Gasteiger partial charge < -0.3 is 19.9 Å². The quantitative estimate of drug-likeness (QED) is 0.655. The van der Waals surface area contributed by atoms with E-state index in [0.717, 1.165) is 0 Å². The van der Waals surface area contributed by atoms with Crippen molar-refractivity contribution in [2.75, 3.05) is 19.1 Å². The van der Waals surface area contributed by atoms with Gasteiger partial charge in [0.25, 0.3) is 0 Å². The number of anilines is 1. The van der Waals surface area contributed by atoms with E-state index in [4.69, 9.17) is 26.5 Å². The summed E-state index contributed by atoms with van der Waals surface area (Å²) in [6, 6.07) is 7.14. The van der Waals surface area contributed by atoms with Crippen LogP contribution in [0.4, 0.5) is 11.5 Å². The molecule has 136 valence electrons. The molecule has 0 radical (unpaired) electrons. The average molecular weight is 364 g/mol. The minimum atomic E-state index is -0.811. The molecule has 0 fully saturated rings. The number of carbonyl (C=O) groups excluding carboxylic acids is 1. The van der Waals surface area contributed by atoms with Gasteiger partial charge in [-0.25, -0.2) is 9.83 Å². The fraction of sp³-hybridized carbons (Fsp3) is 0.263. The van der Waals surface area contributed by atoms with Gasteiger partial charge in [0.1, 0.15) is 11.9 Å². The number of hydrogen-bond donors (Lipinski definition) is 1. The molecule has 27 heavy (non-hydrogen) atoms. The molecule has 0 aliphatic carbocycles. The van der Waals surface area contributed by atoms with Crippen molar-refractivity contribution in [2.45, 2.75) is 19.8 Å². The Morgan fingerprint density at radius 1 is 1.48 bits per heavy atom. The van der Waals surface area contributed by atoms with Gasteiger partial charge in [0.15, 0.2) is 11.5 Å². The lowest BCUT2D eigenvalue weighted by molar-refractivity contribution is -0.144. The number of nitrogens with two attached hydrogens (primary N) is 1. The van der Waals surface area contributed by atoms with Crippen LogP contribution < -0.4 is 15.2 Å². The van der Waals surface area contributed by atoms with E-state index >= 15 is 0 Å². The number of fused-ring (bicyclic) bond motifs is 1. The summed E-state index contributed by atoms with van der Waals surface area (Å²) in [6.07, 6.45) is 0. The summed E-state index contributed by atoms with van der Waals surface area (Å²) in [5, 5.41) is 9.78. The molecule has 1 unspecified atom stereocenters. The molecule has 1 aromatic carbocycles. The van der Waals surface area contributed by atoms with Gasteiger partial charge in [0.2, 0.25) is 12.5 Å². The molecule has 2 heterocycles. The van der Waals surface area contributed by atoms with Crippen LogP contribution in [0.25, 0.3) is 16.0 Å². The van der Waals surface area contributed by atoms with E-state index in [1.54, 1.807) is 32.0 Å². The summed E-state index contributed by atoms with van der Waals surface area (Å²) in [7, 11) is 0. The normalized spacial score (nSPS) is 12.7. The molecule has 8 heteroatoms. The Hall–Kier alpha value is -3.78. The topological polar surface area (TPSA) is 112 Å². The highest BCUT2D eigenvalue weighted by Gasteiger charge is 2.28. The zero-order valence-electron chi connectivity index (χ0n) is 14.8. The molecule has 1 aliphatic rings. The fourth-order valence-electron chi connectivity index (χ4n) is 2.86. The molecular formula is C19H16N4O4. The first kappa shape index (κ1) is 18.0. The summed E-state index contributed by atoms with van der Waals surface area (Å²) in [5.41, 5.74) is 7.16. The molecular weight excluding hydrogens is 348 g/mol. The molecule has 0 amide bonds. The maximum absolute atomic E-state index is 12.2. The van der Waals surface area contributed by atoms with E-state index in [2.05, 4.69) is 15.9 Å². The summed E-state index contributed by atoms with van der Waals surface area (Å²) < 4.78 is 15.7. The highest BCUT2D eigenvalue weighted by Crippen LogP contribution is 2.43. The number of benzene rings is 1. The zero-order chi connectivity index (χ0) is 19.6. The van der Waals surface area contributed by atoms with Gasteiger partial charge >= 0.3 is 5.97 Å². The Kier molecular flexibility index (Phi) is 4.82. The third-order valence-corrected chi connectivity index (χ3v) is 4.16. The zero-order valence-corrected chi connectivity index (χ0v) is 14.8. The average Bonchev–Trinajstić information content (AvgIpc) is 3.14. The molecule has 0 saturated carbocycles. The van der Waals surface area contributed by atoms with Crippen molar-refractivity contribution < 1.29 is 19.0 Å². The van der Waals surface area contributed by atoms with Gasteiger partial charge in [0.05, 0.1) is 30.4 Å². The Morgan fingerprint density at radius 3 is 2.89 bits per heavy atom. The molecule has 3 rings (SSSR count). The Labute approximate surface area is 155 Å². The smallest absolute Gasteiger partial charge is 0.314 e. The van der Waals surface area contributed by atoms with Crippen LogP contribution in [0.1, 0.15) is 31.0 Å². The second-order valence-corrected chi connectivity index (χ2v) is 5.75. The summed E-state index contributed by atoms with van der Waals surface area (Å²) >= 11 is 0. The number of aromatic nitrogens is 1. The van der Waals surface area contributed by atoms with Crippen molar-refractivity contribution in [3.05, 3.63) is 40.9 Å². The third-order valence-electron chi connectivity index (χ3n) is 4.16. The number of nitriles is 1. The van der Waals surface area contributed by atoms with Gasteiger partial charge in [-0.1, -0.05) is 6.07 Å². The first-order chi connectivity index (χ1) is 13.0. The minimum Gasteiger partial charge on any atom is -0.465 e. The van der Waals surface area contributed by atoms with Crippen LogP contribution in [0.5, 0.6) is 11.5 Å². The first-order valence-corrected chi connectivity index (χ1v) is 8.19. The van der Waals surface area contributed by atoms with Crippen molar-refractivity contribution >= 4 is 17.5 Å². The van der Waals surface area contributed by atoms with Crippen molar-refractivity contribution in [3.63, 3.8) is 0 Å². The molecule has 1 aliphatic heterocycles. The molecule has 1 atom stereocenters. The number of carbonyl (C=O) groups is 1. The Balaban J connectivity index is 2.25.